The van der Waals surface area contributed by atoms with Crippen molar-refractivity contribution in [3.63, 3.8) is 0 Å². The van der Waals surface area contributed by atoms with E-state index in [2.05, 4.69) is 4.90 Å². The molecular weight excluding hydrogens is 446 g/mol. The zero-order chi connectivity index (χ0) is 23.4. The average molecular weight is 480 g/mol. The molecule has 1 saturated heterocycles. The van der Waals surface area contributed by atoms with Crippen molar-refractivity contribution in [2.75, 3.05) is 38.1 Å². The van der Waals surface area contributed by atoms with Gasteiger partial charge < -0.3 is 4.90 Å². The van der Waals surface area contributed by atoms with Crippen LogP contribution in [0, 0.1) is 0 Å². The van der Waals surface area contributed by atoms with Crippen molar-refractivity contribution < 1.29 is 16.8 Å². The molecule has 0 radical (unpaired) electrons. The molecule has 0 aromatic heterocycles. The number of piperidine rings is 1. The third-order valence-corrected chi connectivity index (χ3v) is 9.82. The van der Waals surface area contributed by atoms with Gasteiger partial charge in [0.05, 0.1) is 9.79 Å². The van der Waals surface area contributed by atoms with Crippen LogP contribution in [0.15, 0.2) is 58.3 Å². The largest absolute Gasteiger partial charge is 0.372 e. The van der Waals surface area contributed by atoms with E-state index in [1.54, 1.807) is 13.8 Å². The zero-order valence-electron chi connectivity index (χ0n) is 19.1. The van der Waals surface area contributed by atoms with Gasteiger partial charge in [-0.25, -0.2) is 16.8 Å². The first kappa shape index (κ1) is 24.7. The summed E-state index contributed by atoms with van der Waals surface area (Å²) < 4.78 is 53.9. The van der Waals surface area contributed by atoms with Crippen molar-refractivity contribution in [2.24, 2.45) is 0 Å². The second-order valence-electron chi connectivity index (χ2n) is 8.04. The van der Waals surface area contributed by atoms with E-state index in [-0.39, 0.29) is 16.3 Å². The van der Waals surface area contributed by atoms with Gasteiger partial charge in [0.25, 0.3) is 0 Å². The van der Waals surface area contributed by atoms with Crippen LogP contribution in [-0.2, 0) is 26.6 Å². The molecule has 0 N–H and O–H groups in total. The SMILES string of the molecule is CCN(CC)S(=O)(=O)c1ccc(S(=O)(=O)N(C)Cc2ccc(N3CCCCC3)cc2)cc1. The molecule has 1 aliphatic heterocycles. The Hall–Kier alpha value is -1.94. The standard InChI is InChI=1S/C23H33N3O4S2/c1-4-26(5-2)32(29,30)23-15-13-22(14-16-23)31(27,28)24(3)19-20-9-11-21(12-10-20)25-17-7-6-8-18-25/h9-16H,4-8,17-19H2,1-3H3. The Morgan fingerprint density at radius 2 is 1.25 bits per heavy atom. The molecule has 0 bridgehead atoms. The van der Waals surface area contributed by atoms with Crippen LogP contribution in [0.2, 0.25) is 0 Å². The van der Waals surface area contributed by atoms with Gasteiger partial charge in [-0.1, -0.05) is 26.0 Å². The molecular formula is C23H33N3O4S2. The van der Waals surface area contributed by atoms with E-state index in [4.69, 9.17) is 0 Å². The first-order chi connectivity index (χ1) is 15.2. The first-order valence-corrected chi connectivity index (χ1v) is 14.0. The van der Waals surface area contributed by atoms with E-state index in [0.717, 1.165) is 18.7 Å². The van der Waals surface area contributed by atoms with E-state index in [1.165, 1.54) is 64.9 Å². The van der Waals surface area contributed by atoms with Gasteiger partial charge in [-0.15, -0.1) is 0 Å². The molecule has 0 spiro atoms. The third kappa shape index (κ3) is 5.33. The van der Waals surface area contributed by atoms with Crippen LogP contribution in [0.1, 0.15) is 38.7 Å². The van der Waals surface area contributed by atoms with Crippen LogP contribution in [0.3, 0.4) is 0 Å². The Kier molecular flexibility index (Phi) is 7.97. The van der Waals surface area contributed by atoms with Crippen molar-refractivity contribution in [1.82, 2.24) is 8.61 Å². The van der Waals surface area contributed by atoms with Gasteiger partial charge >= 0.3 is 0 Å². The van der Waals surface area contributed by atoms with Crippen molar-refractivity contribution in [3.8, 4) is 0 Å². The van der Waals surface area contributed by atoms with E-state index in [0.29, 0.717) is 13.1 Å². The molecule has 2 aromatic carbocycles. The van der Waals surface area contributed by atoms with Crippen LogP contribution in [0.25, 0.3) is 0 Å². The third-order valence-electron chi connectivity index (χ3n) is 5.94. The van der Waals surface area contributed by atoms with Crippen molar-refractivity contribution in [2.45, 2.75) is 49.4 Å². The molecule has 1 aliphatic rings. The van der Waals surface area contributed by atoms with Crippen molar-refractivity contribution in [1.29, 1.82) is 0 Å². The van der Waals surface area contributed by atoms with E-state index in [1.807, 2.05) is 24.3 Å². The number of hydrogen-bond acceptors (Lipinski definition) is 5. The molecule has 0 unspecified atom stereocenters. The number of hydrogen-bond donors (Lipinski definition) is 0. The van der Waals surface area contributed by atoms with Crippen molar-refractivity contribution in [3.05, 3.63) is 54.1 Å². The molecule has 1 heterocycles. The number of nitrogens with zero attached hydrogens (tertiary/aromatic N) is 3. The highest BCUT2D eigenvalue weighted by atomic mass is 32.2. The smallest absolute Gasteiger partial charge is 0.243 e. The van der Waals surface area contributed by atoms with Crippen LogP contribution in [-0.4, -0.2) is 58.7 Å². The summed E-state index contributed by atoms with van der Waals surface area (Å²) in [4.78, 5) is 2.53. The molecule has 7 nitrogen and oxygen atoms in total. The van der Waals surface area contributed by atoms with Gasteiger partial charge in [0, 0.05) is 45.5 Å². The molecule has 0 amide bonds. The van der Waals surface area contributed by atoms with Gasteiger partial charge in [-0.05, 0) is 61.2 Å². The quantitative estimate of drug-likeness (QED) is 0.550. The lowest BCUT2D eigenvalue weighted by Crippen LogP contribution is -2.30. The number of anilines is 1. The lowest BCUT2D eigenvalue weighted by atomic mass is 10.1. The topological polar surface area (TPSA) is 78.0 Å². The second-order valence-corrected chi connectivity index (χ2v) is 12.0. The summed E-state index contributed by atoms with van der Waals surface area (Å²) in [6.45, 7) is 6.63. The predicted octanol–water partition coefficient (Wildman–Crippen LogP) is 3.53. The van der Waals surface area contributed by atoms with E-state index >= 15 is 0 Å². The summed E-state index contributed by atoms with van der Waals surface area (Å²) >= 11 is 0. The highest BCUT2D eigenvalue weighted by Crippen LogP contribution is 2.23. The highest BCUT2D eigenvalue weighted by Gasteiger charge is 2.25. The van der Waals surface area contributed by atoms with Crippen LogP contribution in [0.4, 0.5) is 5.69 Å². The van der Waals surface area contributed by atoms with E-state index < -0.39 is 20.0 Å². The van der Waals surface area contributed by atoms with Crippen molar-refractivity contribution >= 4 is 25.7 Å². The van der Waals surface area contributed by atoms with Gasteiger partial charge in [-0.3, -0.25) is 0 Å². The molecule has 176 valence electrons. The summed E-state index contributed by atoms with van der Waals surface area (Å²) in [5.74, 6) is 0. The Labute approximate surface area is 192 Å². The minimum atomic E-state index is -3.75. The predicted molar refractivity (Wildman–Crippen MR) is 128 cm³/mol. The number of rotatable bonds is 9. The summed E-state index contributed by atoms with van der Waals surface area (Å²) in [5.41, 5.74) is 2.07. The van der Waals surface area contributed by atoms with Gasteiger partial charge in [-0.2, -0.15) is 8.61 Å². The Balaban J connectivity index is 1.72. The number of benzene rings is 2. The summed E-state index contributed by atoms with van der Waals surface area (Å²) in [5, 5.41) is 0. The fraction of sp³-hybridized carbons (Fsp3) is 0.478. The van der Waals surface area contributed by atoms with E-state index in [9.17, 15) is 16.8 Å². The molecule has 2 aromatic rings. The first-order valence-electron chi connectivity index (χ1n) is 11.1. The number of sulfonamides is 2. The summed E-state index contributed by atoms with van der Waals surface area (Å²) in [6.07, 6.45) is 3.69. The zero-order valence-corrected chi connectivity index (χ0v) is 20.7. The van der Waals surface area contributed by atoms with Gasteiger partial charge in [0.2, 0.25) is 20.0 Å². The van der Waals surface area contributed by atoms with Crippen LogP contribution in [0.5, 0.6) is 0 Å². The van der Waals surface area contributed by atoms with Gasteiger partial charge in [0.15, 0.2) is 0 Å². The Morgan fingerprint density at radius 3 is 1.75 bits per heavy atom. The maximum atomic E-state index is 13.0. The lowest BCUT2D eigenvalue weighted by molar-refractivity contribution is 0.445. The molecule has 9 heteroatoms. The maximum Gasteiger partial charge on any atom is 0.243 e. The average Bonchev–Trinajstić information content (AvgIpc) is 2.81. The summed E-state index contributed by atoms with van der Waals surface area (Å²) in [7, 11) is -5.84. The molecule has 0 aliphatic carbocycles. The van der Waals surface area contributed by atoms with Crippen LogP contribution < -0.4 is 4.90 Å². The molecule has 32 heavy (non-hydrogen) atoms. The molecule has 0 atom stereocenters. The maximum absolute atomic E-state index is 13.0. The molecule has 1 fully saturated rings. The minimum Gasteiger partial charge on any atom is -0.372 e. The Morgan fingerprint density at radius 1 is 0.750 bits per heavy atom. The monoisotopic (exact) mass is 479 g/mol. The molecule has 3 rings (SSSR count). The fourth-order valence-corrected chi connectivity index (χ4v) is 6.60. The van der Waals surface area contributed by atoms with Crippen LogP contribution >= 0.6 is 0 Å². The lowest BCUT2D eigenvalue weighted by Gasteiger charge is -2.29. The Bertz CT molecular complexity index is 1090. The minimum absolute atomic E-state index is 0.0726. The molecule has 0 saturated carbocycles. The van der Waals surface area contributed by atoms with Gasteiger partial charge in [0.1, 0.15) is 0 Å². The highest BCUT2D eigenvalue weighted by molar-refractivity contribution is 7.89. The normalized spacial score (nSPS) is 15.5. The second kappa shape index (κ2) is 10.3. The fourth-order valence-electron chi connectivity index (χ4n) is 3.98. The summed E-state index contributed by atoms with van der Waals surface area (Å²) in [6, 6.07) is 13.5.